The Labute approximate surface area is 100 Å². The van der Waals surface area contributed by atoms with Crippen LogP contribution in [0.4, 0.5) is 5.69 Å². The maximum absolute atomic E-state index is 11.6. The first kappa shape index (κ1) is 13.6. The molecule has 98 valence electrons. The molecule has 0 spiro atoms. The van der Waals surface area contributed by atoms with Crippen LogP contribution in [-0.2, 0) is 16.1 Å². The van der Waals surface area contributed by atoms with E-state index in [0.717, 1.165) is 7.11 Å². The summed E-state index contributed by atoms with van der Waals surface area (Å²) in [6, 6.07) is 0. The van der Waals surface area contributed by atoms with Crippen molar-refractivity contribution in [3.8, 4) is 5.75 Å². The summed E-state index contributed by atoms with van der Waals surface area (Å²) in [7, 11) is 2.30. The molecule has 1 rings (SSSR count). The number of methoxy groups -OCH3 is 2. The number of nitro groups is 1. The fourth-order valence-electron chi connectivity index (χ4n) is 1.30. The van der Waals surface area contributed by atoms with E-state index in [9.17, 15) is 24.8 Å². The molecule has 0 fully saturated rings. The Bertz CT molecular complexity index is 549. The summed E-state index contributed by atoms with van der Waals surface area (Å²) in [4.78, 5) is 34.8. The van der Waals surface area contributed by atoms with Crippen molar-refractivity contribution in [2.24, 2.45) is 0 Å². The number of rotatable bonds is 4. The Hall–Kier alpha value is -2.42. The van der Waals surface area contributed by atoms with E-state index in [2.05, 4.69) is 14.5 Å². The molecule has 0 unspecified atom stereocenters. The second-order valence-electron chi connectivity index (χ2n) is 3.19. The zero-order valence-electron chi connectivity index (χ0n) is 9.55. The Balaban J connectivity index is 3.61. The molecule has 0 aliphatic rings. The molecule has 0 aliphatic carbocycles. The molecule has 0 saturated carbocycles. The topological polar surface area (TPSA) is 132 Å². The predicted molar refractivity (Wildman–Crippen MR) is 57.4 cm³/mol. The number of H-pyrrole nitrogens is 1. The van der Waals surface area contributed by atoms with Gasteiger partial charge in [-0.25, -0.2) is 4.79 Å². The molecule has 0 radical (unpaired) electrons. The summed E-state index contributed by atoms with van der Waals surface area (Å²) in [5, 5.41) is 20.2. The summed E-state index contributed by atoms with van der Waals surface area (Å²) in [5.41, 5.74) is -3.13. The lowest BCUT2D eigenvalue weighted by molar-refractivity contribution is -0.386. The number of esters is 1. The number of ether oxygens (including phenoxy) is 2. The first-order valence-corrected chi connectivity index (χ1v) is 4.63. The maximum atomic E-state index is 11.6. The summed E-state index contributed by atoms with van der Waals surface area (Å²) >= 11 is 0. The lowest BCUT2D eigenvalue weighted by Crippen LogP contribution is -2.19. The van der Waals surface area contributed by atoms with Crippen molar-refractivity contribution < 1.29 is 24.3 Å². The van der Waals surface area contributed by atoms with E-state index in [1.807, 2.05) is 0 Å². The quantitative estimate of drug-likeness (QED) is 0.438. The zero-order valence-corrected chi connectivity index (χ0v) is 9.55. The molecule has 1 aromatic heterocycles. The minimum atomic E-state index is -1.27. The molecule has 1 aromatic rings. The van der Waals surface area contributed by atoms with Gasteiger partial charge in [-0.2, -0.15) is 0 Å². The van der Waals surface area contributed by atoms with Crippen LogP contribution in [0, 0.1) is 10.1 Å². The van der Waals surface area contributed by atoms with Crippen molar-refractivity contribution in [1.29, 1.82) is 0 Å². The van der Waals surface area contributed by atoms with Crippen LogP contribution in [0.15, 0.2) is 4.79 Å². The molecule has 0 saturated heterocycles. The van der Waals surface area contributed by atoms with E-state index in [0.29, 0.717) is 0 Å². The van der Waals surface area contributed by atoms with Crippen LogP contribution in [0.3, 0.4) is 0 Å². The first-order valence-electron chi connectivity index (χ1n) is 4.63. The Morgan fingerprint density at radius 3 is 2.56 bits per heavy atom. The summed E-state index contributed by atoms with van der Waals surface area (Å²) in [5.74, 6) is -1.95. The Morgan fingerprint density at radius 2 is 2.11 bits per heavy atom. The van der Waals surface area contributed by atoms with Crippen LogP contribution in [-0.4, -0.2) is 35.2 Å². The maximum Gasteiger partial charge on any atom is 0.361 e. The van der Waals surface area contributed by atoms with Gasteiger partial charge in [0.25, 0.3) is 0 Å². The average molecular weight is 258 g/mol. The highest BCUT2D eigenvalue weighted by Crippen LogP contribution is 2.19. The molecule has 9 heteroatoms. The fraction of sp³-hybridized carbons (Fsp3) is 0.333. The van der Waals surface area contributed by atoms with Gasteiger partial charge in [0.1, 0.15) is 0 Å². The summed E-state index contributed by atoms with van der Waals surface area (Å²) in [6.45, 7) is -0.219. The molecule has 0 bridgehead atoms. The van der Waals surface area contributed by atoms with E-state index in [1.54, 1.807) is 0 Å². The van der Waals surface area contributed by atoms with Crippen LogP contribution in [0.25, 0.3) is 0 Å². The van der Waals surface area contributed by atoms with Gasteiger partial charge in [0.2, 0.25) is 5.69 Å². The van der Waals surface area contributed by atoms with Gasteiger partial charge in [-0.05, 0) is 0 Å². The molecule has 0 atom stereocenters. The monoisotopic (exact) mass is 258 g/mol. The molecule has 0 aliphatic heterocycles. The van der Waals surface area contributed by atoms with Gasteiger partial charge in [-0.1, -0.05) is 0 Å². The second-order valence-corrected chi connectivity index (χ2v) is 3.19. The predicted octanol–water partition coefficient (Wildman–Crippen LogP) is -0.0783. The van der Waals surface area contributed by atoms with E-state index in [4.69, 9.17) is 0 Å². The van der Waals surface area contributed by atoms with Crippen molar-refractivity contribution >= 4 is 11.7 Å². The van der Waals surface area contributed by atoms with E-state index in [-0.39, 0.29) is 12.3 Å². The van der Waals surface area contributed by atoms with Gasteiger partial charge in [0.15, 0.2) is 5.75 Å². The van der Waals surface area contributed by atoms with Crippen molar-refractivity contribution in [3.05, 3.63) is 31.7 Å². The van der Waals surface area contributed by atoms with Gasteiger partial charge >= 0.3 is 17.1 Å². The van der Waals surface area contributed by atoms with Gasteiger partial charge in [0, 0.05) is 7.11 Å². The SMILES string of the molecule is COCc1[nH]c(C(=O)OC)c([N+](=O)[O-])c(=O)c1O. The number of aromatic amines is 1. The van der Waals surface area contributed by atoms with E-state index < -0.39 is 33.5 Å². The van der Waals surface area contributed by atoms with Gasteiger partial charge < -0.3 is 19.6 Å². The van der Waals surface area contributed by atoms with Gasteiger partial charge in [0.05, 0.1) is 24.3 Å². The number of aromatic hydroxyl groups is 1. The summed E-state index contributed by atoms with van der Waals surface area (Å²) in [6.07, 6.45) is 0. The molecular formula is C9H10N2O7. The van der Waals surface area contributed by atoms with Crippen molar-refractivity contribution in [3.63, 3.8) is 0 Å². The minimum absolute atomic E-state index is 0.145. The van der Waals surface area contributed by atoms with Crippen LogP contribution in [0.1, 0.15) is 16.2 Å². The second kappa shape index (κ2) is 5.27. The molecule has 0 aromatic carbocycles. The third kappa shape index (κ3) is 2.30. The van der Waals surface area contributed by atoms with Crippen molar-refractivity contribution in [2.75, 3.05) is 14.2 Å². The number of nitrogens with zero attached hydrogens (tertiary/aromatic N) is 1. The molecule has 0 amide bonds. The standard InChI is InChI=1S/C9H10N2O7/c1-17-3-4-7(12)8(13)6(11(15)16)5(10-4)9(14)18-2/h12H,3H2,1-2H3,(H,10,13). The number of hydrogen-bond acceptors (Lipinski definition) is 7. The molecule has 1 heterocycles. The number of carbonyl (C=O) groups excluding carboxylic acids is 1. The largest absolute Gasteiger partial charge is 0.503 e. The van der Waals surface area contributed by atoms with Crippen LogP contribution in [0.5, 0.6) is 5.75 Å². The van der Waals surface area contributed by atoms with E-state index >= 15 is 0 Å². The van der Waals surface area contributed by atoms with E-state index in [1.165, 1.54) is 7.11 Å². The summed E-state index contributed by atoms with van der Waals surface area (Å²) < 4.78 is 9.00. The molecule has 2 N–H and O–H groups in total. The number of pyridine rings is 1. The highest BCUT2D eigenvalue weighted by Gasteiger charge is 2.30. The lowest BCUT2D eigenvalue weighted by Gasteiger charge is -2.06. The molecular weight excluding hydrogens is 248 g/mol. The van der Waals surface area contributed by atoms with Gasteiger partial charge in [-0.15, -0.1) is 0 Å². The van der Waals surface area contributed by atoms with Crippen LogP contribution in [0.2, 0.25) is 0 Å². The smallest absolute Gasteiger partial charge is 0.361 e. The number of aromatic nitrogens is 1. The number of hydrogen-bond donors (Lipinski definition) is 2. The normalized spacial score (nSPS) is 10.1. The average Bonchev–Trinajstić information content (AvgIpc) is 2.33. The highest BCUT2D eigenvalue weighted by molar-refractivity contribution is 5.91. The lowest BCUT2D eigenvalue weighted by atomic mass is 10.2. The van der Waals surface area contributed by atoms with Crippen molar-refractivity contribution in [2.45, 2.75) is 6.61 Å². The van der Waals surface area contributed by atoms with Crippen molar-refractivity contribution in [1.82, 2.24) is 4.98 Å². The minimum Gasteiger partial charge on any atom is -0.503 e. The Morgan fingerprint density at radius 1 is 1.50 bits per heavy atom. The highest BCUT2D eigenvalue weighted by atomic mass is 16.6. The van der Waals surface area contributed by atoms with Crippen LogP contribution >= 0.6 is 0 Å². The fourth-order valence-corrected chi connectivity index (χ4v) is 1.30. The van der Waals surface area contributed by atoms with Crippen LogP contribution < -0.4 is 5.43 Å². The Kier molecular flexibility index (Phi) is 4.00. The first-order chi connectivity index (χ1) is 8.43. The molecule has 18 heavy (non-hydrogen) atoms. The number of nitrogens with one attached hydrogen (secondary N) is 1. The number of carbonyl (C=O) groups is 1. The third-order valence-electron chi connectivity index (χ3n) is 2.09. The van der Waals surface area contributed by atoms with Gasteiger partial charge in [-0.3, -0.25) is 14.9 Å². The zero-order chi connectivity index (χ0) is 13.9. The third-order valence-corrected chi connectivity index (χ3v) is 2.09. The molecule has 9 nitrogen and oxygen atoms in total.